The lowest BCUT2D eigenvalue weighted by Crippen LogP contribution is -1.96. The molecule has 5 heteroatoms. The van der Waals surface area contributed by atoms with Gasteiger partial charge in [0.15, 0.2) is 0 Å². The molecule has 27 heavy (non-hydrogen) atoms. The zero-order valence-electron chi connectivity index (χ0n) is 17.4. The van der Waals surface area contributed by atoms with Gasteiger partial charge in [0, 0.05) is 0 Å². The molecule has 0 amide bonds. The van der Waals surface area contributed by atoms with Gasteiger partial charge in [-0.3, -0.25) is 4.55 Å². The molecule has 0 heterocycles. The summed E-state index contributed by atoms with van der Waals surface area (Å²) in [6.07, 6.45) is 29.0. The van der Waals surface area contributed by atoms with Crippen LogP contribution in [0.3, 0.4) is 0 Å². The molecule has 0 aliphatic rings. The first kappa shape index (κ1) is 26.2. The maximum Gasteiger partial charge on any atom is 0.445 e. The van der Waals surface area contributed by atoms with Crippen LogP contribution in [0.25, 0.3) is 0 Å². The fourth-order valence-electron chi connectivity index (χ4n) is 3.13. The molecule has 0 rings (SSSR count). The Hall–Kier alpha value is -0.810. The van der Waals surface area contributed by atoms with Crippen LogP contribution < -0.4 is 0 Å². The quantitative estimate of drug-likeness (QED) is 0.0989. The van der Waals surface area contributed by atoms with Crippen molar-refractivity contribution in [1.29, 1.82) is 0 Å². The SMILES string of the molecule is CCCCCCCCCCCCCCCCCC/C=C/C=C/OS(=O)(=O)O. The van der Waals surface area contributed by atoms with E-state index in [1.165, 1.54) is 102 Å². The number of rotatable bonds is 20. The Labute approximate surface area is 168 Å². The minimum Gasteiger partial charge on any atom is -0.370 e. The second-order valence-electron chi connectivity index (χ2n) is 7.37. The molecule has 0 aromatic heterocycles. The third-order valence-corrected chi connectivity index (χ3v) is 5.08. The topological polar surface area (TPSA) is 63.6 Å². The summed E-state index contributed by atoms with van der Waals surface area (Å²) < 4.78 is 33.0. The smallest absolute Gasteiger partial charge is 0.370 e. The Bertz CT molecular complexity index is 455. The molecule has 0 aliphatic carbocycles. The van der Waals surface area contributed by atoms with E-state index in [-0.39, 0.29) is 0 Å². The van der Waals surface area contributed by atoms with Crippen LogP contribution in [0.2, 0.25) is 0 Å². The van der Waals surface area contributed by atoms with Crippen molar-refractivity contribution in [2.75, 3.05) is 0 Å². The van der Waals surface area contributed by atoms with E-state index in [0.717, 1.165) is 19.1 Å². The van der Waals surface area contributed by atoms with Crippen molar-refractivity contribution in [2.45, 2.75) is 116 Å². The van der Waals surface area contributed by atoms with Crippen molar-refractivity contribution in [3.63, 3.8) is 0 Å². The van der Waals surface area contributed by atoms with Crippen LogP contribution in [-0.4, -0.2) is 13.0 Å². The van der Waals surface area contributed by atoms with E-state index in [9.17, 15) is 8.42 Å². The molecule has 0 aromatic carbocycles. The van der Waals surface area contributed by atoms with E-state index in [4.69, 9.17) is 4.55 Å². The lowest BCUT2D eigenvalue weighted by Gasteiger charge is -2.03. The number of hydrogen-bond acceptors (Lipinski definition) is 3. The maximum absolute atomic E-state index is 10.3. The van der Waals surface area contributed by atoms with Crippen LogP contribution >= 0.6 is 0 Å². The second kappa shape index (κ2) is 19.9. The van der Waals surface area contributed by atoms with Gasteiger partial charge in [0.05, 0.1) is 0 Å². The highest BCUT2D eigenvalue weighted by atomic mass is 32.3. The molecule has 4 nitrogen and oxygen atoms in total. The van der Waals surface area contributed by atoms with Crippen LogP contribution in [0.5, 0.6) is 0 Å². The first-order valence-corrected chi connectivity index (χ1v) is 12.4. The summed E-state index contributed by atoms with van der Waals surface area (Å²) in [6.45, 7) is 2.27. The fourth-order valence-corrected chi connectivity index (χ4v) is 3.34. The van der Waals surface area contributed by atoms with Gasteiger partial charge in [0.25, 0.3) is 0 Å². The average Bonchev–Trinajstić information content (AvgIpc) is 2.62. The lowest BCUT2D eigenvalue weighted by molar-refractivity contribution is 0.356. The predicted molar refractivity (Wildman–Crippen MR) is 115 cm³/mol. The molecule has 0 aromatic rings. The summed E-state index contributed by atoms with van der Waals surface area (Å²) in [5.74, 6) is 0. The maximum atomic E-state index is 10.3. The van der Waals surface area contributed by atoms with Gasteiger partial charge in [-0.25, -0.2) is 0 Å². The van der Waals surface area contributed by atoms with Gasteiger partial charge < -0.3 is 4.18 Å². The summed E-state index contributed by atoms with van der Waals surface area (Å²) in [4.78, 5) is 0. The van der Waals surface area contributed by atoms with Crippen LogP contribution in [0, 0.1) is 0 Å². The van der Waals surface area contributed by atoms with Gasteiger partial charge in [0.1, 0.15) is 6.26 Å². The monoisotopic (exact) mass is 402 g/mol. The van der Waals surface area contributed by atoms with E-state index in [0.29, 0.717) is 0 Å². The van der Waals surface area contributed by atoms with Crippen molar-refractivity contribution in [2.24, 2.45) is 0 Å². The minimum absolute atomic E-state index is 0.958. The van der Waals surface area contributed by atoms with Crippen LogP contribution in [-0.2, 0) is 14.6 Å². The largest absolute Gasteiger partial charge is 0.445 e. The number of unbranched alkanes of at least 4 members (excludes halogenated alkanes) is 16. The first-order chi connectivity index (χ1) is 13.1. The van der Waals surface area contributed by atoms with Gasteiger partial charge in [-0.15, -0.1) is 0 Å². The molecule has 1 N–H and O–H groups in total. The predicted octanol–water partition coefficient (Wildman–Crippen LogP) is 7.53. The van der Waals surface area contributed by atoms with Gasteiger partial charge in [-0.1, -0.05) is 115 Å². The van der Waals surface area contributed by atoms with Gasteiger partial charge in [-0.2, -0.15) is 8.42 Å². The van der Waals surface area contributed by atoms with Crippen LogP contribution in [0.4, 0.5) is 0 Å². The zero-order valence-corrected chi connectivity index (χ0v) is 18.2. The van der Waals surface area contributed by atoms with Crippen LogP contribution in [0.1, 0.15) is 116 Å². The Kier molecular flexibility index (Phi) is 19.3. The molecule has 0 bridgehead atoms. The van der Waals surface area contributed by atoms with Crippen molar-refractivity contribution in [1.82, 2.24) is 0 Å². The molecule has 0 fully saturated rings. The highest BCUT2D eigenvalue weighted by Gasteiger charge is 1.97. The molecule has 0 saturated carbocycles. The van der Waals surface area contributed by atoms with Gasteiger partial charge in [-0.05, 0) is 18.9 Å². The number of allylic oxidation sites excluding steroid dienone is 3. The van der Waals surface area contributed by atoms with E-state index >= 15 is 0 Å². The van der Waals surface area contributed by atoms with E-state index in [1.807, 2.05) is 6.08 Å². The Balaban J connectivity index is 3.17. The van der Waals surface area contributed by atoms with E-state index in [2.05, 4.69) is 11.1 Å². The van der Waals surface area contributed by atoms with Gasteiger partial charge >= 0.3 is 10.4 Å². The second-order valence-corrected chi connectivity index (χ2v) is 8.42. The third-order valence-electron chi connectivity index (χ3n) is 4.73. The molecule has 0 spiro atoms. The van der Waals surface area contributed by atoms with Crippen LogP contribution in [0.15, 0.2) is 24.5 Å². The molecule has 160 valence electrons. The Morgan fingerprint density at radius 3 is 1.48 bits per heavy atom. The Morgan fingerprint density at radius 1 is 0.667 bits per heavy atom. The van der Waals surface area contributed by atoms with E-state index < -0.39 is 10.4 Å². The normalized spacial score (nSPS) is 12.4. The van der Waals surface area contributed by atoms with Crippen molar-refractivity contribution in [3.05, 3.63) is 24.5 Å². The minimum atomic E-state index is -4.37. The van der Waals surface area contributed by atoms with E-state index in [1.54, 1.807) is 6.08 Å². The number of hydrogen-bond donors (Lipinski definition) is 1. The average molecular weight is 403 g/mol. The van der Waals surface area contributed by atoms with Crippen molar-refractivity contribution in [3.8, 4) is 0 Å². The highest BCUT2D eigenvalue weighted by molar-refractivity contribution is 7.81. The van der Waals surface area contributed by atoms with Crippen molar-refractivity contribution >= 4 is 10.4 Å². The molecular formula is C22H42O4S. The molecule has 0 saturated heterocycles. The molecule has 0 radical (unpaired) electrons. The lowest BCUT2D eigenvalue weighted by atomic mass is 10.0. The van der Waals surface area contributed by atoms with Crippen molar-refractivity contribution < 1.29 is 17.2 Å². The molecular weight excluding hydrogens is 360 g/mol. The highest BCUT2D eigenvalue weighted by Crippen LogP contribution is 2.14. The zero-order chi connectivity index (χ0) is 20.1. The summed E-state index contributed by atoms with van der Waals surface area (Å²) >= 11 is 0. The first-order valence-electron chi connectivity index (χ1n) is 11.0. The molecule has 0 unspecified atom stereocenters. The van der Waals surface area contributed by atoms with Gasteiger partial charge in [0.2, 0.25) is 0 Å². The summed E-state index contributed by atoms with van der Waals surface area (Å²) in [6, 6.07) is 0. The molecule has 0 aliphatic heterocycles. The third kappa shape index (κ3) is 25.2. The summed E-state index contributed by atoms with van der Waals surface area (Å²) in [7, 11) is -4.37. The Morgan fingerprint density at radius 2 is 1.07 bits per heavy atom. The fraction of sp³-hybridized carbons (Fsp3) is 0.818. The summed E-state index contributed by atoms with van der Waals surface area (Å²) in [5, 5.41) is 0. The molecule has 0 atom stereocenters. The summed E-state index contributed by atoms with van der Waals surface area (Å²) in [5.41, 5.74) is 0. The standard InChI is InChI=1S/C22H42O4S/c1-2-3-4-5-6-7-8-9-10-11-12-13-14-15-16-17-18-19-20-21-22-26-27(23,24)25/h19-22H,2-18H2,1H3,(H,23,24,25)/b20-19+,22-21+.